The lowest BCUT2D eigenvalue weighted by Crippen LogP contribution is -2.51. The van der Waals surface area contributed by atoms with Crippen LogP contribution < -0.4 is 11.1 Å². The van der Waals surface area contributed by atoms with Gasteiger partial charge < -0.3 is 11.1 Å². The maximum atomic E-state index is 12.3. The van der Waals surface area contributed by atoms with Gasteiger partial charge in [-0.15, -0.1) is 0 Å². The first-order valence-electron chi connectivity index (χ1n) is 7.44. The average Bonchev–Trinajstić information content (AvgIpc) is 2.53. The lowest BCUT2D eigenvalue weighted by atomic mass is 9.82. The summed E-state index contributed by atoms with van der Waals surface area (Å²) in [5.74, 6) is -0.0991. The quantitative estimate of drug-likeness (QED) is 0.903. The van der Waals surface area contributed by atoms with Crippen LogP contribution in [0.4, 0.5) is 0 Å². The molecule has 0 unspecified atom stereocenters. The average molecular weight is 284 g/mol. The van der Waals surface area contributed by atoms with Gasteiger partial charge in [-0.05, 0) is 31.0 Å². The Labute approximate surface area is 124 Å². The van der Waals surface area contributed by atoms with Gasteiger partial charge in [0.25, 0.3) is 5.91 Å². The monoisotopic (exact) mass is 284 g/mol. The summed E-state index contributed by atoms with van der Waals surface area (Å²) in [5.41, 5.74) is 8.21. The number of benzene rings is 1. The number of nitrogens with two attached hydrogens (primary N) is 1. The van der Waals surface area contributed by atoms with Crippen LogP contribution in [0.5, 0.6) is 0 Å². The molecule has 0 saturated heterocycles. The molecule has 1 saturated carbocycles. The standard InChI is InChI=1S/C16H20N4O/c17-16(6-2-1-3-7-16)11-20-15(21)12-4-5-13-14(10-12)19-9-8-18-13/h4-5,8-10H,1-3,6-7,11,17H2,(H,20,21). The number of nitrogens with zero attached hydrogens (tertiary/aromatic N) is 2. The van der Waals surface area contributed by atoms with E-state index < -0.39 is 0 Å². The highest BCUT2D eigenvalue weighted by Gasteiger charge is 2.27. The van der Waals surface area contributed by atoms with Crippen molar-refractivity contribution in [1.29, 1.82) is 0 Å². The fourth-order valence-electron chi connectivity index (χ4n) is 2.90. The summed E-state index contributed by atoms with van der Waals surface area (Å²) < 4.78 is 0. The van der Waals surface area contributed by atoms with Crippen LogP contribution in [0.3, 0.4) is 0 Å². The third kappa shape index (κ3) is 3.19. The maximum Gasteiger partial charge on any atom is 0.251 e. The van der Waals surface area contributed by atoms with Gasteiger partial charge in [0.05, 0.1) is 11.0 Å². The van der Waals surface area contributed by atoms with E-state index in [1.165, 1.54) is 6.42 Å². The Hall–Kier alpha value is -2.01. The third-order valence-electron chi connectivity index (χ3n) is 4.18. The molecule has 0 bridgehead atoms. The Morgan fingerprint density at radius 3 is 2.62 bits per heavy atom. The highest BCUT2D eigenvalue weighted by molar-refractivity contribution is 5.97. The Kier molecular flexibility index (Phi) is 3.84. The van der Waals surface area contributed by atoms with E-state index in [4.69, 9.17) is 5.73 Å². The molecule has 1 aliphatic rings. The summed E-state index contributed by atoms with van der Waals surface area (Å²) in [6, 6.07) is 5.36. The van der Waals surface area contributed by atoms with Crippen LogP contribution in [0.25, 0.3) is 11.0 Å². The summed E-state index contributed by atoms with van der Waals surface area (Å²) in [4.78, 5) is 20.7. The smallest absolute Gasteiger partial charge is 0.251 e. The van der Waals surface area contributed by atoms with Crippen LogP contribution in [0.2, 0.25) is 0 Å². The van der Waals surface area contributed by atoms with Gasteiger partial charge in [0.2, 0.25) is 0 Å². The van der Waals surface area contributed by atoms with Gasteiger partial charge in [-0.1, -0.05) is 19.3 Å². The van der Waals surface area contributed by atoms with E-state index in [2.05, 4.69) is 15.3 Å². The van der Waals surface area contributed by atoms with Crippen LogP contribution >= 0.6 is 0 Å². The largest absolute Gasteiger partial charge is 0.350 e. The van der Waals surface area contributed by atoms with Gasteiger partial charge in [0.15, 0.2) is 0 Å². The number of carbonyl (C=O) groups is 1. The molecule has 5 nitrogen and oxygen atoms in total. The summed E-state index contributed by atoms with van der Waals surface area (Å²) in [7, 11) is 0. The van der Waals surface area contributed by atoms with Crippen molar-refractivity contribution in [3.05, 3.63) is 36.2 Å². The van der Waals surface area contributed by atoms with E-state index in [0.717, 1.165) is 36.7 Å². The Morgan fingerprint density at radius 2 is 1.86 bits per heavy atom. The van der Waals surface area contributed by atoms with Crippen molar-refractivity contribution in [3.63, 3.8) is 0 Å². The van der Waals surface area contributed by atoms with Crippen molar-refractivity contribution >= 4 is 16.9 Å². The molecule has 3 N–H and O–H groups in total. The molecule has 1 aliphatic carbocycles. The number of fused-ring (bicyclic) bond motifs is 1. The second kappa shape index (κ2) is 5.77. The number of amides is 1. The molecular formula is C16H20N4O. The number of rotatable bonds is 3. The van der Waals surface area contributed by atoms with Crippen LogP contribution in [-0.2, 0) is 0 Å². The minimum atomic E-state index is -0.245. The molecule has 110 valence electrons. The number of carbonyl (C=O) groups excluding carboxylic acids is 1. The predicted molar refractivity (Wildman–Crippen MR) is 81.9 cm³/mol. The van der Waals surface area contributed by atoms with Crippen molar-refractivity contribution in [2.75, 3.05) is 6.54 Å². The number of aromatic nitrogens is 2. The Bertz CT molecular complexity index is 650. The van der Waals surface area contributed by atoms with Gasteiger partial charge in [-0.25, -0.2) is 0 Å². The predicted octanol–water partition coefficient (Wildman–Crippen LogP) is 2.02. The first-order chi connectivity index (χ1) is 10.2. The molecule has 5 heteroatoms. The highest BCUT2D eigenvalue weighted by atomic mass is 16.1. The summed E-state index contributed by atoms with van der Waals surface area (Å²) in [6.07, 6.45) is 8.78. The van der Waals surface area contributed by atoms with Crippen LogP contribution in [0, 0.1) is 0 Å². The topological polar surface area (TPSA) is 80.9 Å². The van der Waals surface area contributed by atoms with Crippen LogP contribution in [0.1, 0.15) is 42.5 Å². The SMILES string of the molecule is NC1(CNC(=O)c2ccc3nccnc3c2)CCCCC1. The summed E-state index contributed by atoms with van der Waals surface area (Å²) >= 11 is 0. The van der Waals surface area contributed by atoms with Crippen LogP contribution in [-0.4, -0.2) is 28.0 Å². The number of hydrogen-bond acceptors (Lipinski definition) is 4. The van der Waals surface area contributed by atoms with E-state index >= 15 is 0 Å². The molecule has 1 aromatic heterocycles. The molecule has 2 aromatic rings. The minimum absolute atomic E-state index is 0.0991. The molecule has 3 rings (SSSR count). The van der Waals surface area contributed by atoms with Crippen molar-refractivity contribution in [1.82, 2.24) is 15.3 Å². The lowest BCUT2D eigenvalue weighted by Gasteiger charge is -2.33. The molecule has 21 heavy (non-hydrogen) atoms. The Morgan fingerprint density at radius 1 is 1.14 bits per heavy atom. The van der Waals surface area contributed by atoms with Crippen molar-refractivity contribution in [2.45, 2.75) is 37.6 Å². The van der Waals surface area contributed by atoms with Gasteiger partial charge in [0.1, 0.15) is 0 Å². The zero-order valence-electron chi connectivity index (χ0n) is 12.0. The van der Waals surface area contributed by atoms with Crippen LogP contribution in [0.15, 0.2) is 30.6 Å². The molecule has 1 fully saturated rings. The first-order valence-corrected chi connectivity index (χ1v) is 7.44. The fourth-order valence-corrected chi connectivity index (χ4v) is 2.90. The van der Waals surface area contributed by atoms with E-state index in [1.54, 1.807) is 24.5 Å². The fraction of sp³-hybridized carbons (Fsp3) is 0.438. The summed E-state index contributed by atoms with van der Waals surface area (Å²) in [6.45, 7) is 0.532. The molecule has 0 atom stereocenters. The second-order valence-corrected chi connectivity index (χ2v) is 5.87. The Balaban J connectivity index is 1.69. The van der Waals surface area contributed by atoms with Gasteiger partial charge in [-0.3, -0.25) is 14.8 Å². The van der Waals surface area contributed by atoms with Gasteiger partial charge in [-0.2, -0.15) is 0 Å². The zero-order chi connectivity index (χ0) is 14.7. The number of nitrogens with one attached hydrogen (secondary N) is 1. The lowest BCUT2D eigenvalue weighted by molar-refractivity contribution is 0.0938. The van der Waals surface area contributed by atoms with E-state index in [9.17, 15) is 4.79 Å². The number of hydrogen-bond donors (Lipinski definition) is 2. The third-order valence-corrected chi connectivity index (χ3v) is 4.18. The summed E-state index contributed by atoms with van der Waals surface area (Å²) in [5, 5.41) is 2.96. The minimum Gasteiger partial charge on any atom is -0.350 e. The molecule has 0 radical (unpaired) electrons. The normalized spacial score (nSPS) is 17.6. The van der Waals surface area contributed by atoms with Crippen molar-refractivity contribution in [2.24, 2.45) is 5.73 Å². The maximum absolute atomic E-state index is 12.3. The van der Waals surface area contributed by atoms with Gasteiger partial charge >= 0.3 is 0 Å². The van der Waals surface area contributed by atoms with Gasteiger partial charge in [0, 0.05) is 30.0 Å². The molecule has 1 aromatic carbocycles. The highest BCUT2D eigenvalue weighted by Crippen LogP contribution is 2.25. The van der Waals surface area contributed by atoms with E-state index in [1.807, 2.05) is 6.07 Å². The molecule has 1 amide bonds. The van der Waals surface area contributed by atoms with E-state index in [0.29, 0.717) is 12.1 Å². The zero-order valence-corrected chi connectivity index (χ0v) is 12.0. The first kappa shape index (κ1) is 13.9. The van der Waals surface area contributed by atoms with Crippen molar-refractivity contribution < 1.29 is 4.79 Å². The molecule has 1 heterocycles. The molecule has 0 spiro atoms. The molecular weight excluding hydrogens is 264 g/mol. The van der Waals surface area contributed by atoms with Crippen molar-refractivity contribution in [3.8, 4) is 0 Å². The molecule has 0 aliphatic heterocycles. The second-order valence-electron chi connectivity index (χ2n) is 5.87. The van der Waals surface area contributed by atoms with E-state index in [-0.39, 0.29) is 11.4 Å².